The van der Waals surface area contributed by atoms with E-state index in [1.165, 1.54) is 0 Å². The molecule has 1 saturated heterocycles. The van der Waals surface area contributed by atoms with Crippen molar-refractivity contribution in [3.8, 4) is 0 Å². The average molecular weight is 251 g/mol. The molecule has 0 bridgehead atoms. The molecule has 5 heteroatoms. The molecule has 5 nitrogen and oxygen atoms in total. The van der Waals surface area contributed by atoms with Crippen LogP contribution in [0.1, 0.15) is 42.9 Å². The first-order chi connectivity index (χ1) is 8.71. The summed E-state index contributed by atoms with van der Waals surface area (Å²) >= 11 is 0. The molecule has 1 atom stereocenters. The zero-order chi connectivity index (χ0) is 13.1. The monoisotopic (exact) mass is 251 g/mol. The van der Waals surface area contributed by atoms with Crippen molar-refractivity contribution in [2.75, 3.05) is 13.2 Å². The van der Waals surface area contributed by atoms with Gasteiger partial charge >= 0.3 is 0 Å². The highest BCUT2D eigenvalue weighted by Gasteiger charge is 2.30. The van der Waals surface area contributed by atoms with Gasteiger partial charge in [-0.25, -0.2) is 0 Å². The van der Waals surface area contributed by atoms with Gasteiger partial charge in [0.2, 0.25) is 0 Å². The summed E-state index contributed by atoms with van der Waals surface area (Å²) in [4.78, 5) is 14.3. The molecule has 1 aromatic rings. The van der Waals surface area contributed by atoms with Gasteiger partial charge in [-0.05, 0) is 32.3 Å². The van der Waals surface area contributed by atoms with Crippen LogP contribution in [0.2, 0.25) is 0 Å². The molecule has 2 heterocycles. The molecule has 0 saturated carbocycles. The number of rotatable bonds is 4. The number of hydrogen-bond acceptors (Lipinski definition) is 3. The molecule has 1 fully saturated rings. The van der Waals surface area contributed by atoms with Crippen LogP contribution in [-0.4, -0.2) is 44.9 Å². The fourth-order valence-corrected chi connectivity index (χ4v) is 2.50. The van der Waals surface area contributed by atoms with E-state index in [0.29, 0.717) is 12.2 Å². The molecule has 0 aromatic carbocycles. The minimum absolute atomic E-state index is 0.000556. The normalized spacial score (nSPS) is 19.5. The summed E-state index contributed by atoms with van der Waals surface area (Å²) in [5, 5.41) is 13.7. The van der Waals surface area contributed by atoms with Crippen molar-refractivity contribution < 1.29 is 9.90 Å². The topological polar surface area (TPSA) is 58.4 Å². The minimum Gasteiger partial charge on any atom is -0.394 e. The van der Waals surface area contributed by atoms with E-state index in [1.54, 1.807) is 9.58 Å². The lowest BCUT2D eigenvalue weighted by molar-refractivity contribution is 0.0665. The van der Waals surface area contributed by atoms with Gasteiger partial charge in [0.05, 0.1) is 18.3 Å². The molecule has 0 radical (unpaired) electrons. The van der Waals surface area contributed by atoms with Gasteiger partial charge in [0, 0.05) is 13.1 Å². The van der Waals surface area contributed by atoms with Crippen molar-refractivity contribution in [1.29, 1.82) is 0 Å². The number of aromatic nitrogens is 2. The van der Waals surface area contributed by atoms with Crippen LogP contribution in [0.3, 0.4) is 0 Å². The minimum atomic E-state index is -0.0252. The van der Waals surface area contributed by atoms with E-state index in [1.807, 2.05) is 19.9 Å². The van der Waals surface area contributed by atoms with Crippen molar-refractivity contribution in [3.63, 3.8) is 0 Å². The summed E-state index contributed by atoms with van der Waals surface area (Å²) in [6, 6.07) is 1.85. The molecule has 0 unspecified atom stereocenters. The van der Waals surface area contributed by atoms with E-state index in [-0.39, 0.29) is 18.6 Å². The number of amides is 1. The highest BCUT2D eigenvalue weighted by atomic mass is 16.3. The molecule has 2 rings (SSSR count). The average Bonchev–Trinajstić information content (AvgIpc) is 3.03. The fourth-order valence-electron chi connectivity index (χ4n) is 2.50. The van der Waals surface area contributed by atoms with Crippen LogP contribution in [-0.2, 0) is 13.0 Å². The smallest absolute Gasteiger partial charge is 0.272 e. The van der Waals surface area contributed by atoms with Gasteiger partial charge in [0.15, 0.2) is 0 Å². The van der Waals surface area contributed by atoms with E-state index in [0.717, 1.165) is 31.5 Å². The van der Waals surface area contributed by atoms with E-state index < -0.39 is 0 Å². The van der Waals surface area contributed by atoms with Crippen molar-refractivity contribution in [2.24, 2.45) is 0 Å². The quantitative estimate of drug-likeness (QED) is 0.870. The Morgan fingerprint density at radius 2 is 2.33 bits per heavy atom. The Morgan fingerprint density at radius 3 is 2.94 bits per heavy atom. The summed E-state index contributed by atoms with van der Waals surface area (Å²) in [5.74, 6) is 0.000556. The number of aryl methyl sites for hydroxylation is 2. The Bertz CT molecular complexity index is 428. The summed E-state index contributed by atoms with van der Waals surface area (Å²) in [6.07, 6.45) is 2.69. The number of likely N-dealkylation sites (tertiary alicyclic amines) is 1. The molecule has 1 N–H and O–H groups in total. The third-order valence-corrected chi connectivity index (χ3v) is 3.56. The lowest BCUT2D eigenvalue weighted by Crippen LogP contribution is -2.38. The molecule has 18 heavy (non-hydrogen) atoms. The van der Waals surface area contributed by atoms with E-state index in [2.05, 4.69) is 5.10 Å². The lowest BCUT2D eigenvalue weighted by Gasteiger charge is -2.23. The molecule has 1 aliphatic heterocycles. The standard InChI is InChI=1S/C13H21N3O2/c1-3-10-8-12(16(4-2)14-10)13(18)15-7-5-6-11(15)9-17/h8,11,17H,3-7,9H2,1-2H3/t11-/m1/s1. The van der Waals surface area contributed by atoms with Crippen LogP contribution in [0.25, 0.3) is 0 Å². The highest BCUT2D eigenvalue weighted by molar-refractivity contribution is 5.93. The van der Waals surface area contributed by atoms with Crippen LogP contribution >= 0.6 is 0 Å². The lowest BCUT2D eigenvalue weighted by atomic mass is 10.2. The predicted molar refractivity (Wildman–Crippen MR) is 68.4 cm³/mol. The second kappa shape index (κ2) is 5.52. The van der Waals surface area contributed by atoms with E-state index in [4.69, 9.17) is 0 Å². The predicted octanol–water partition coefficient (Wildman–Crippen LogP) is 1.06. The van der Waals surface area contributed by atoms with Gasteiger partial charge in [0.25, 0.3) is 5.91 Å². The summed E-state index contributed by atoms with van der Waals surface area (Å²) in [7, 11) is 0. The molecule has 1 amide bonds. The first-order valence-electron chi connectivity index (χ1n) is 6.69. The van der Waals surface area contributed by atoms with Gasteiger partial charge in [0.1, 0.15) is 5.69 Å². The Kier molecular flexibility index (Phi) is 4.01. The van der Waals surface area contributed by atoms with Gasteiger partial charge < -0.3 is 10.0 Å². The van der Waals surface area contributed by atoms with E-state index in [9.17, 15) is 9.90 Å². The third-order valence-electron chi connectivity index (χ3n) is 3.56. The molecule has 1 aliphatic rings. The number of carbonyl (C=O) groups is 1. The largest absolute Gasteiger partial charge is 0.394 e. The SMILES string of the molecule is CCc1cc(C(=O)N2CCC[C@@H]2CO)n(CC)n1. The van der Waals surface area contributed by atoms with Crippen LogP contribution in [0.4, 0.5) is 0 Å². The van der Waals surface area contributed by atoms with Crippen molar-refractivity contribution in [2.45, 2.75) is 45.7 Å². The maximum Gasteiger partial charge on any atom is 0.272 e. The molecular formula is C13H21N3O2. The Hall–Kier alpha value is -1.36. The van der Waals surface area contributed by atoms with Gasteiger partial charge in [-0.2, -0.15) is 5.10 Å². The van der Waals surface area contributed by atoms with Crippen molar-refractivity contribution in [3.05, 3.63) is 17.5 Å². The number of nitrogens with zero attached hydrogens (tertiary/aromatic N) is 3. The first kappa shape index (κ1) is 13.1. The second-order valence-electron chi connectivity index (χ2n) is 4.67. The molecule has 100 valence electrons. The Labute approximate surface area is 107 Å². The second-order valence-corrected chi connectivity index (χ2v) is 4.67. The van der Waals surface area contributed by atoms with Crippen LogP contribution in [0, 0.1) is 0 Å². The van der Waals surface area contributed by atoms with Crippen molar-refractivity contribution in [1.82, 2.24) is 14.7 Å². The zero-order valence-electron chi connectivity index (χ0n) is 11.1. The molecular weight excluding hydrogens is 230 g/mol. The zero-order valence-corrected chi connectivity index (χ0v) is 11.1. The molecule has 1 aromatic heterocycles. The first-order valence-corrected chi connectivity index (χ1v) is 6.69. The number of aliphatic hydroxyl groups excluding tert-OH is 1. The fraction of sp³-hybridized carbons (Fsp3) is 0.692. The summed E-state index contributed by atoms with van der Waals surface area (Å²) in [5.41, 5.74) is 1.59. The van der Waals surface area contributed by atoms with Crippen molar-refractivity contribution >= 4 is 5.91 Å². The summed E-state index contributed by atoms with van der Waals surface area (Å²) < 4.78 is 1.76. The van der Waals surface area contributed by atoms with Crippen LogP contribution < -0.4 is 0 Å². The maximum absolute atomic E-state index is 12.5. The molecule has 0 aliphatic carbocycles. The Morgan fingerprint density at radius 1 is 1.56 bits per heavy atom. The van der Waals surface area contributed by atoms with Crippen LogP contribution in [0.5, 0.6) is 0 Å². The van der Waals surface area contributed by atoms with Gasteiger partial charge in [-0.3, -0.25) is 9.48 Å². The number of carbonyl (C=O) groups excluding carboxylic acids is 1. The summed E-state index contributed by atoms with van der Waals surface area (Å²) in [6.45, 7) is 5.49. The number of aliphatic hydroxyl groups is 1. The van der Waals surface area contributed by atoms with Gasteiger partial charge in [-0.15, -0.1) is 0 Å². The number of hydrogen-bond donors (Lipinski definition) is 1. The maximum atomic E-state index is 12.5. The van der Waals surface area contributed by atoms with Crippen LogP contribution in [0.15, 0.2) is 6.07 Å². The Balaban J connectivity index is 2.24. The highest BCUT2D eigenvalue weighted by Crippen LogP contribution is 2.20. The molecule has 0 spiro atoms. The van der Waals surface area contributed by atoms with Gasteiger partial charge in [-0.1, -0.05) is 6.92 Å². The van der Waals surface area contributed by atoms with E-state index >= 15 is 0 Å². The third kappa shape index (κ3) is 2.27.